The van der Waals surface area contributed by atoms with Crippen LogP contribution in [0.25, 0.3) is 0 Å². The van der Waals surface area contributed by atoms with E-state index in [4.69, 9.17) is 14.6 Å². The Hall–Kier alpha value is -1.60. The fraction of sp³-hybridized carbons (Fsp3) is 0.462. The fourth-order valence-electron chi connectivity index (χ4n) is 1.54. The van der Waals surface area contributed by atoms with Crippen molar-refractivity contribution in [2.24, 2.45) is 5.14 Å². The molecule has 0 saturated carbocycles. The third-order valence-electron chi connectivity index (χ3n) is 2.19. The molecule has 0 amide bonds. The van der Waals surface area contributed by atoms with Gasteiger partial charge in [-0.25, -0.2) is 18.4 Å². The number of esters is 1. The normalized spacial score (nSPS) is 11.8. The van der Waals surface area contributed by atoms with Gasteiger partial charge in [0.25, 0.3) is 0 Å². The second kappa shape index (κ2) is 6.23. The molecular weight excluding hydrogens is 282 g/mol. The number of nitrogens with two attached hydrogens (primary N) is 1. The molecule has 2 N–H and O–H groups in total. The summed E-state index contributed by atoms with van der Waals surface area (Å²) in [4.78, 5) is 11.7. The Kier molecular flexibility index (Phi) is 5.13. The number of ether oxygens (including phenoxy) is 2. The van der Waals surface area contributed by atoms with Crippen molar-refractivity contribution >= 4 is 16.0 Å². The zero-order valence-corrected chi connectivity index (χ0v) is 12.7. The molecular formula is C13H19NO5S. The van der Waals surface area contributed by atoms with Gasteiger partial charge in [-0.15, -0.1) is 0 Å². The number of primary sulfonamides is 1. The van der Waals surface area contributed by atoms with Crippen LogP contribution in [0.4, 0.5) is 0 Å². The lowest BCUT2D eigenvalue weighted by molar-refractivity contribution is 0.0372. The molecule has 0 radical (unpaired) electrons. The monoisotopic (exact) mass is 301 g/mol. The molecule has 0 bridgehead atoms. The molecule has 0 aliphatic heterocycles. The third-order valence-corrected chi connectivity index (χ3v) is 3.16. The average molecular weight is 301 g/mol. The quantitative estimate of drug-likeness (QED) is 0.835. The van der Waals surface area contributed by atoms with Gasteiger partial charge >= 0.3 is 5.97 Å². The van der Waals surface area contributed by atoms with Crippen molar-refractivity contribution in [1.29, 1.82) is 0 Å². The van der Waals surface area contributed by atoms with Crippen LogP contribution in [0.5, 0.6) is 5.75 Å². The minimum Gasteiger partial charge on any atom is -0.491 e. The van der Waals surface area contributed by atoms with Gasteiger partial charge in [-0.1, -0.05) is 0 Å². The van der Waals surface area contributed by atoms with E-state index in [9.17, 15) is 13.2 Å². The van der Waals surface area contributed by atoms with Crippen molar-refractivity contribution in [2.75, 3.05) is 0 Å². The zero-order chi connectivity index (χ0) is 15.5. The van der Waals surface area contributed by atoms with Crippen LogP contribution in [0, 0.1) is 0 Å². The Labute approximate surface area is 118 Å². The molecule has 0 aliphatic carbocycles. The summed E-state index contributed by atoms with van der Waals surface area (Å²) in [6.45, 7) is 6.98. The predicted octanol–water partition coefficient (Wildman–Crippen LogP) is 1.69. The minimum atomic E-state index is -4.02. The first kappa shape index (κ1) is 16.5. The maximum Gasteiger partial charge on any atom is 0.339 e. The van der Waals surface area contributed by atoms with E-state index in [1.165, 1.54) is 18.2 Å². The molecule has 1 aromatic carbocycles. The lowest BCUT2D eigenvalue weighted by Crippen LogP contribution is -2.20. The van der Waals surface area contributed by atoms with Gasteiger partial charge in [-0.2, -0.15) is 0 Å². The molecule has 0 aliphatic rings. The highest BCUT2D eigenvalue weighted by Crippen LogP contribution is 2.23. The van der Waals surface area contributed by atoms with Crippen molar-refractivity contribution in [3.8, 4) is 5.75 Å². The topological polar surface area (TPSA) is 95.7 Å². The van der Waals surface area contributed by atoms with Crippen molar-refractivity contribution in [3.63, 3.8) is 0 Å². The van der Waals surface area contributed by atoms with Crippen LogP contribution in [0.2, 0.25) is 0 Å². The van der Waals surface area contributed by atoms with E-state index in [1.807, 2.05) is 13.8 Å². The Bertz CT molecular complexity index is 593. The van der Waals surface area contributed by atoms with Crippen LogP contribution < -0.4 is 9.88 Å². The number of benzene rings is 1. The van der Waals surface area contributed by atoms with Gasteiger partial charge in [-0.3, -0.25) is 0 Å². The average Bonchev–Trinajstić information content (AvgIpc) is 2.25. The second-order valence-corrected chi connectivity index (χ2v) is 6.35. The van der Waals surface area contributed by atoms with E-state index < -0.39 is 16.0 Å². The second-order valence-electron chi connectivity index (χ2n) is 4.82. The van der Waals surface area contributed by atoms with Crippen LogP contribution >= 0.6 is 0 Å². The third kappa shape index (κ3) is 4.50. The fourth-order valence-corrected chi connectivity index (χ4v) is 2.25. The summed E-state index contributed by atoms with van der Waals surface area (Å²) in [5, 5.41) is 5.10. The zero-order valence-electron chi connectivity index (χ0n) is 11.9. The summed E-state index contributed by atoms with van der Waals surface area (Å²) in [7, 11) is -4.02. The number of sulfonamides is 1. The highest BCUT2D eigenvalue weighted by molar-refractivity contribution is 7.89. The summed E-state index contributed by atoms with van der Waals surface area (Å²) in [5.41, 5.74) is -0.126. The first-order valence-corrected chi connectivity index (χ1v) is 7.70. The molecule has 0 fully saturated rings. The molecule has 0 spiro atoms. The molecule has 1 aromatic rings. The maximum absolute atomic E-state index is 12.0. The smallest absolute Gasteiger partial charge is 0.339 e. The molecule has 0 saturated heterocycles. The highest BCUT2D eigenvalue weighted by atomic mass is 32.2. The van der Waals surface area contributed by atoms with Crippen LogP contribution in [-0.2, 0) is 14.8 Å². The van der Waals surface area contributed by atoms with E-state index in [0.29, 0.717) is 5.75 Å². The van der Waals surface area contributed by atoms with Crippen LogP contribution in [0.1, 0.15) is 38.1 Å². The molecule has 6 nitrogen and oxygen atoms in total. The standard InChI is InChI=1S/C13H19NO5S/c1-8(2)18-10-5-6-12(20(14,16)17)11(7-10)13(15)19-9(3)4/h5-9H,1-4H3,(H2,14,16,17). The van der Waals surface area contributed by atoms with E-state index in [2.05, 4.69) is 0 Å². The number of hydrogen-bond acceptors (Lipinski definition) is 5. The molecule has 0 unspecified atom stereocenters. The molecule has 112 valence electrons. The van der Waals surface area contributed by atoms with Gasteiger partial charge in [0, 0.05) is 0 Å². The van der Waals surface area contributed by atoms with E-state index >= 15 is 0 Å². The molecule has 7 heteroatoms. The Morgan fingerprint density at radius 3 is 2.20 bits per heavy atom. The van der Waals surface area contributed by atoms with Gasteiger partial charge in [0.15, 0.2) is 0 Å². The molecule has 0 heterocycles. The van der Waals surface area contributed by atoms with Crippen LogP contribution in [0.3, 0.4) is 0 Å². The number of hydrogen-bond donors (Lipinski definition) is 1. The molecule has 20 heavy (non-hydrogen) atoms. The molecule has 0 atom stereocenters. The van der Waals surface area contributed by atoms with Gasteiger partial charge in [0.05, 0.1) is 22.7 Å². The van der Waals surface area contributed by atoms with Crippen LogP contribution in [0.15, 0.2) is 23.1 Å². The van der Waals surface area contributed by atoms with E-state index in [0.717, 1.165) is 0 Å². The number of rotatable bonds is 5. The van der Waals surface area contributed by atoms with Gasteiger partial charge < -0.3 is 9.47 Å². The first-order valence-electron chi connectivity index (χ1n) is 6.15. The minimum absolute atomic E-state index is 0.107. The lowest BCUT2D eigenvalue weighted by atomic mass is 10.2. The van der Waals surface area contributed by atoms with Gasteiger partial charge in [0.1, 0.15) is 5.75 Å². The highest BCUT2D eigenvalue weighted by Gasteiger charge is 2.22. The molecule has 0 aromatic heterocycles. The van der Waals surface area contributed by atoms with Crippen LogP contribution in [-0.4, -0.2) is 26.6 Å². The predicted molar refractivity (Wildman–Crippen MR) is 74.1 cm³/mol. The van der Waals surface area contributed by atoms with E-state index in [-0.39, 0.29) is 22.7 Å². The van der Waals surface area contributed by atoms with Crippen molar-refractivity contribution in [2.45, 2.75) is 44.8 Å². The van der Waals surface area contributed by atoms with E-state index in [1.54, 1.807) is 13.8 Å². The Morgan fingerprint density at radius 1 is 1.15 bits per heavy atom. The van der Waals surface area contributed by atoms with Crippen molar-refractivity contribution in [3.05, 3.63) is 23.8 Å². The first-order chi connectivity index (χ1) is 9.11. The summed E-state index contributed by atoms with van der Waals surface area (Å²) >= 11 is 0. The van der Waals surface area contributed by atoms with Crippen molar-refractivity contribution in [1.82, 2.24) is 0 Å². The van der Waals surface area contributed by atoms with Crippen molar-refractivity contribution < 1.29 is 22.7 Å². The largest absolute Gasteiger partial charge is 0.491 e. The molecule has 1 rings (SSSR count). The SMILES string of the molecule is CC(C)OC(=O)c1cc(OC(C)C)ccc1S(N)(=O)=O. The number of carbonyl (C=O) groups excluding carboxylic acids is 1. The number of carbonyl (C=O) groups is 1. The summed E-state index contributed by atoms with van der Waals surface area (Å²) in [6, 6.07) is 4.01. The summed E-state index contributed by atoms with van der Waals surface area (Å²) in [5.74, 6) is -0.374. The maximum atomic E-state index is 12.0. The van der Waals surface area contributed by atoms with Gasteiger partial charge in [-0.05, 0) is 45.9 Å². The lowest BCUT2D eigenvalue weighted by Gasteiger charge is -2.14. The van der Waals surface area contributed by atoms with Gasteiger partial charge in [0.2, 0.25) is 10.0 Å². The summed E-state index contributed by atoms with van der Waals surface area (Å²) < 4.78 is 33.5. The Balaban J connectivity index is 3.30. The Morgan fingerprint density at radius 2 is 1.75 bits per heavy atom. The summed E-state index contributed by atoms with van der Waals surface area (Å²) in [6.07, 6.45) is -0.477.